The fourth-order valence-corrected chi connectivity index (χ4v) is 4.54. The predicted octanol–water partition coefficient (Wildman–Crippen LogP) is 1.55. The van der Waals surface area contributed by atoms with Gasteiger partial charge in [0.25, 0.3) is 0 Å². The number of carbonyl (C=O) groups excluding carboxylic acids is 1. The van der Waals surface area contributed by atoms with Crippen LogP contribution in [0.15, 0.2) is 30.6 Å². The highest BCUT2D eigenvalue weighted by atomic mass is 16.2. The molecule has 1 aromatic carbocycles. The fourth-order valence-electron chi connectivity index (χ4n) is 4.54. The quantitative estimate of drug-likeness (QED) is 0.821. The summed E-state index contributed by atoms with van der Waals surface area (Å²) in [4.78, 5) is 14.8. The standard InChI is InChI=1S/C21H30N6O/c1-15-5-7-16(8-6-15)18-12-22-25-21(18)17-4-3-11-27(13-17)20(28)10-9-19-24-23-14-26(19)2/h5-8,14,17-18,21-22,25H,3-4,9-13H2,1-2H3. The minimum Gasteiger partial charge on any atom is -0.342 e. The van der Waals surface area contributed by atoms with Crippen molar-refractivity contribution in [3.63, 3.8) is 0 Å². The maximum atomic E-state index is 12.8. The number of aryl methyl sites for hydroxylation is 3. The summed E-state index contributed by atoms with van der Waals surface area (Å²) in [6, 6.07) is 9.22. The molecule has 2 aliphatic heterocycles. The Morgan fingerprint density at radius 1 is 1.29 bits per heavy atom. The molecule has 4 rings (SSSR count). The van der Waals surface area contributed by atoms with Crippen LogP contribution in [0.1, 0.15) is 42.1 Å². The number of hydrogen-bond donors (Lipinski definition) is 2. The van der Waals surface area contributed by atoms with Crippen LogP contribution < -0.4 is 10.9 Å². The second-order valence-electron chi connectivity index (χ2n) is 8.17. The van der Waals surface area contributed by atoms with Crippen LogP contribution in [0.2, 0.25) is 0 Å². The molecule has 7 heteroatoms. The van der Waals surface area contributed by atoms with Crippen molar-refractivity contribution >= 4 is 5.91 Å². The second kappa shape index (κ2) is 8.41. The van der Waals surface area contributed by atoms with Gasteiger partial charge in [0.05, 0.1) is 0 Å². The van der Waals surface area contributed by atoms with Crippen molar-refractivity contribution in [2.45, 2.75) is 44.6 Å². The molecule has 2 saturated heterocycles. The van der Waals surface area contributed by atoms with Crippen molar-refractivity contribution in [2.75, 3.05) is 19.6 Å². The Balaban J connectivity index is 1.38. The first-order valence-electron chi connectivity index (χ1n) is 10.3. The summed E-state index contributed by atoms with van der Waals surface area (Å²) in [7, 11) is 1.92. The molecule has 0 bridgehead atoms. The molecule has 3 heterocycles. The van der Waals surface area contributed by atoms with E-state index in [1.807, 2.05) is 11.6 Å². The summed E-state index contributed by atoms with van der Waals surface area (Å²) in [5, 5.41) is 7.98. The first-order valence-corrected chi connectivity index (χ1v) is 10.3. The third kappa shape index (κ3) is 4.10. The minimum absolute atomic E-state index is 0.227. The van der Waals surface area contributed by atoms with E-state index in [9.17, 15) is 4.79 Å². The minimum atomic E-state index is 0.227. The highest BCUT2D eigenvalue weighted by molar-refractivity contribution is 5.76. The third-order valence-electron chi connectivity index (χ3n) is 6.22. The topological polar surface area (TPSA) is 75.1 Å². The molecule has 2 aliphatic rings. The second-order valence-corrected chi connectivity index (χ2v) is 8.17. The van der Waals surface area contributed by atoms with Gasteiger partial charge in [0, 0.05) is 51.5 Å². The molecule has 28 heavy (non-hydrogen) atoms. The third-order valence-corrected chi connectivity index (χ3v) is 6.22. The summed E-state index contributed by atoms with van der Waals surface area (Å²) in [6.45, 7) is 4.76. The van der Waals surface area contributed by atoms with Gasteiger partial charge in [0.1, 0.15) is 12.2 Å². The molecular weight excluding hydrogens is 352 g/mol. The molecule has 1 amide bonds. The number of piperidine rings is 1. The molecule has 0 radical (unpaired) electrons. The summed E-state index contributed by atoms with van der Waals surface area (Å²) >= 11 is 0. The number of likely N-dealkylation sites (tertiary alicyclic amines) is 1. The van der Waals surface area contributed by atoms with E-state index in [1.165, 1.54) is 11.1 Å². The Morgan fingerprint density at radius 3 is 2.86 bits per heavy atom. The van der Waals surface area contributed by atoms with E-state index in [1.54, 1.807) is 6.33 Å². The lowest BCUT2D eigenvalue weighted by atomic mass is 9.81. The molecule has 0 aliphatic carbocycles. The number of nitrogens with zero attached hydrogens (tertiary/aromatic N) is 4. The van der Waals surface area contributed by atoms with Crippen LogP contribution in [0, 0.1) is 12.8 Å². The van der Waals surface area contributed by atoms with Crippen LogP contribution in [0.4, 0.5) is 0 Å². The van der Waals surface area contributed by atoms with Crippen molar-refractivity contribution < 1.29 is 4.79 Å². The van der Waals surface area contributed by atoms with Crippen LogP contribution >= 0.6 is 0 Å². The average molecular weight is 383 g/mol. The van der Waals surface area contributed by atoms with Crippen molar-refractivity contribution in [3.8, 4) is 0 Å². The zero-order chi connectivity index (χ0) is 19.5. The van der Waals surface area contributed by atoms with E-state index < -0.39 is 0 Å². The van der Waals surface area contributed by atoms with Gasteiger partial charge in [-0.3, -0.25) is 15.6 Å². The van der Waals surface area contributed by atoms with Gasteiger partial charge < -0.3 is 9.47 Å². The predicted molar refractivity (Wildman–Crippen MR) is 107 cm³/mol. The van der Waals surface area contributed by atoms with Gasteiger partial charge in [-0.25, -0.2) is 0 Å². The van der Waals surface area contributed by atoms with Gasteiger partial charge in [-0.1, -0.05) is 29.8 Å². The Kier molecular flexibility index (Phi) is 5.73. The maximum absolute atomic E-state index is 12.8. The number of hydrazine groups is 1. The number of hydrogen-bond acceptors (Lipinski definition) is 5. The monoisotopic (exact) mass is 382 g/mol. The van der Waals surface area contributed by atoms with Crippen molar-refractivity contribution in [2.24, 2.45) is 13.0 Å². The summed E-state index contributed by atoms with van der Waals surface area (Å²) in [5.41, 5.74) is 9.52. The molecule has 2 aromatic rings. The number of nitrogens with one attached hydrogen (secondary N) is 2. The Morgan fingerprint density at radius 2 is 2.11 bits per heavy atom. The normalized spacial score (nSPS) is 25.2. The number of aromatic nitrogens is 3. The van der Waals surface area contributed by atoms with Crippen LogP contribution in [0.5, 0.6) is 0 Å². The van der Waals surface area contributed by atoms with Crippen molar-refractivity contribution in [1.29, 1.82) is 0 Å². The summed E-state index contributed by atoms with van der Waals surface area (Å²) < 4.78 is 1.88. The van der Waals surface area contributed by atoms with E-state index >= 15 is 0 Å². The van der Waals surface area contributed by atoms with Crippen molar-refractivity contribution in [1.82, 2.24) is 30.5 Å². The number of benzene rings is 1. The molecule has 2 N–H and O–H groups in total. The van der Waals surface area contributed by atoms with Gasteiger partial charge in [-0.15, -0.1) is 10.2 Å². The lowest BCUT2D eigenvalue weighted by Crippen LogP contribution is -2.48. The zero-order valence-corrected chi connectivity index (χ0v) is 16.8. The Bertz CT molecular complexity index is 801. The van der Waals surface area contributed by atoms with E-state index in [2.05, 4.69) is 57.1 Å². The van der Waals surface area contributed by atoms with Gasteiger partial charge in [0.2, 0.25) is 5.91 Å². The van der Waals surface area contributed by atoms with E-state index in [0.29, 0.717) is 30.7 Å². The Labute approximate surface area is 166 Å². The molecular formula is C21H30N6O. The smallest absolute Gasteiger partial charge is 0.223 e. The molecule has 3 atom stereocenters. The van der Waals surface area contributed by atoms with Crippen LogP contribution in [0.25, 0.3) is 0 Å². The molecule has 0 spiro atoms. The van der Waals surface area contributed by atoms with Crippen molar-refractivity contribution in [3.05, 3.63) is 47.5 Å². The summed E-state index contributed by atoms with van der Waals surface area (Å²) in [6.07, 6.45) is 5.05. The molecule has 1 aromatic heterocycles. The highest BCUT2D eigenvalue weighted by Gasteiger charge is 2.37. The lowest BCUT2D eigenvalue weighted by molar-refractivity contribution is -0.133. The van der Waals surface area contributed by atoms with Crippen LogP contribution in [-0.4, -0.2) is 51.2 Å². The SMILES string of the molecule is Cc1ccc(C2CNNC2C2CCCN(C(=O)CCc3nncn3C)C2)cc1. The first kappa shape index (κ1) is 19.1. The highest BCUT2D eigenvalue weighted by Crippen LogP contribution is 2.32. The van der Waals surface area contributed by atoms with Gasteiger partial charge in [-0.2, -0.15) is 0 Å². The number of amides is 1. The Hall–Kier alpha value is -2.25. The van der Waals surface area contributed by atoms with Gasteiger partial charge in [0.15, 0.2) is 0 Å². The zero-order valence-electron chi connectivity index (χ0n) is 16.8. The maximum Gasteiger partial charge on any atom is 0.223 e. The molecule has 7 nitrogen and oxygen atoms in total. The van der Waals surface area contributed by atoms with Crippen LogP contribution in [0.3, 0.4) is 0 Å². The molecule has 3 unspecified atom stereocenters. The number of carbonyl (C=O) groups is 1. The van der Waals surface area contributed by atoms with E-state index in [-0.39, 0.29) is 5.91 Å². The van der Waals surface area contributed by atoms with Crippen LogP contribution in [-0.2, 0) is 18.3 Å². The van der Waals surface area contributed by atoms with Gasteiger partial charge in [-0.05, 0) is 31.2 Å². The summed E-state index contributed by atoms with van der Waals surface area (Å²) in [5.74, 6) is 2.00. The largest absolute Gasteiger partial charge is 0.342 e. The average Bonchev–Trinajstić information content (AvgIpc) is 3.36. The number of rotatable bonds is 5. The first-order chi connectivity index (χ1) is 13.6. The molecule has 0 saturated carbocycles. The molecule has 2 fully saturated rings. The van der Waals surface area contributed by atoms with E-state index in [0.717, 1.165) is 38.3 Å². The van der Waals surface area contributed by atoms with Gasteiger partial charge >= 0.3 is 0 Å². The lowest BCUT2D eigenvalue weighted by Gasteiger charge is -2.37. The molecule has 150 valence electrons. The fraction of sp³-hybridized carbons (Fsp3) is 0.571. The van der Waals surface area contributed by atoms with E-state index in [4.69, 9.17) is 0 Å².